The molecule has 3 heteroatoms. The third kappa shape index (κ3) is 2.27. The van der Waals surface area contributed by atoms with Crippen molar-refractivity contribution in [2.24, 2.45) is 23.5 Å². The maximum atomic E-state index is 12.6. The summed E-state index contributed by atoms with van der Waals surface area (Å²) < 4.78 is 0. The van der Waals surface area contributed by atoms with E-state index in [0.29, 0.717) is 18.4 Å². The van der Waals surface area contributed by atoms with Gasteiger partial charge in [-0.25, -0.2) is 0 Å². The largest absolute Gasteiger partial charge is 0.341 e. The van der Waals surface area contributed by atoms with Gasteiger partial charge >= 0.3 is 0 Å². The molecule has 4 atom stereocenters. The average Bonchev–Trinajstić information content (AvgIpc) is 3.00. The second-order valence-electron chi connectivity index (χ2n) is 6.12. The molecule has 2 bridgehead atoms. The van der Waals surface area contributed by atoms with E-state index in [-0.39, 0.29) is 17.9 Å². The minimum Gasteiger partial charge on any atom is -0.341 e. The lowest BCUT2D eigenvalue weighted by Crippen LogP contribution is -2.45. The van der Waals surface area contributed by atoms with Crippen LogP contribution in [0.2, 0.25) is 0 Å². The third-order valence-corrected chi connectivity index (χ3v) is 4.90. The van der Waals surface area contributed by atoms with Gasteiger partial charge in [-0.1, -0.05) is 30.3 Å². The minimum atomic E-state index is 0.0625. The zero-order valence-corrected chi connectivity index (χ0v) is 11.5. The molecule has 0 radical (unpaired) electrons. The predicted molar refractivity (Wildman–Crippen MR) is 75.2 cm³/mol. The highest BCUT2D eigenvalue weighted by Crippen LogP contribution is 2.48. The van der Waals surface area contributed by atoms with Crippen LogP contribution in [-0.2, 0) is 11.3 Å². The summed E-state index contributed by atoms with van der Waals surface area (Å²) in [5, 5.41) is 0. The van der Waals surface area contributed by atoms with E-state index in [9.17, 15) is 4.79 Å². The molecule has 2 N–H and O–H groups in total. The van der Waals surface area contributed by atoms with Crippen LogP contribution in [0.4, 0.5) is 0 Å². The van der Waals surface area contributed by atoms with Gasteiger partial charge in [-0.15, -0.1) is 0 Å². The number of rotatable bonds is 3. The Balaban J connectivity index is 1.67. The van der Waals surface area contributed by atoms with Crippen LogP contribution in [-0.4, -0.2) is 23.9 Å². The maximum absolute atomic E-state index is 12.6. The Bertz CT molecular complexity index is 457. The summed E-state index contributed by atoms with van der Waals surface area (Å²) in [5.74, 6) is 1.42. The van der Waals surface area contributed by atoms with E-state index >= 15 is 0 Å². The van der Waals surface area contributed by atoms with Crippen LogP contribution < -0.4 is 5.73 Å². The summed E-state index contributed by atoms with van der Waals surface area (Å²) in [5.41, 5.74) is 7.42. The molecule has 0 aromatic heterocycles. The molecule has 1 aromatic rings. The number of amides is 1. The topological polar surface area (TPSA) is 46.3 Å². The van der Waals surface area contributed by atoms with Crippen LogP contribution in [0.25, 0.3) is 0 Å². The SMILES string of the molecule is CN(Cc1ccccc1)C(=O)C1C2CCC(C2)C1N. The van der Waals surface area contributed by atoms with E-state index in [1.165, 1.54) is 18.4 Å². The fourth-order valence-electron chi connectivity index (χ4n) is 3.89. The Hall–Kier alpha value is -1.35. The Morgan fingerprint density at radius 2 is 1.95 bits per heavy atom. The van der Waals surface area contributed by atoms with Crippen LogP contribution in [0.5, 0.6) is 0 Å². The van der Waals surface area contributed by atoms with Gasteiger partial charge < -0.3 is 10.6 Å². The second kappa shape index (κ2) is 4.97. The second-order valence-corrected chi connectivity index (χ2v) is 6.12. The molecule has 4 unspecified atom stereocenters. The first-order chi connectivity index (χ1) is 9.16. The van der Waals surface area contributed by atoms with Gasteiger partial charge in [0.1, 0.15) is 0 Å². The van der Waals surface area contributed by atoms with Gasteiger partial charge in [-0.3, -0.25) is 4.79 Å². The van der Waals surface area contributed by atoms with E-state index in [0.717, 1.165) is 6.42 Å². The summed E-state index contributed by atoms with van der Waals surface area (Å²) in [7, 11) is 1.90. The molecule has 1 aromatic carbocycles. The monoisotopic (exact) mass is 258 g/mol. The van der Waals surface area contributed by atoms with E-state index in [1.54, 1.807) is 0 Å². The first-order valence-corrected chi connectivity index (χ1v) is 7.21. The number of carbonyl (C=O) groups excluding carboxylic acids is 1. The Morgan fingerprint density at radius 3 is 2.58 bits per heavy atom. The van der Waals surface area contributed by atoms with Gasteiger partial charge in [-0.2, -0.15) is 0 Å². The molecule has 0 heterocycles. The maximum Gasteiger partial charge on any atom is 0.227 e. The van der Waals surface area contributed by atoms with Crippen molar-refractivity contribution in [3.8, 4) is 0 Å². The number of carbonyl (C=O) groups is 1. The summed E-state index contributed by atoms with van der Waals surface area (Å²) in [6.07, 6.45) is 3.57. The van der Waals surface area contributed by atoms with E-state index in [1.807, 2.05) is 30.1 Å². The highest BCUT2D eigenvalue weighted by molar-refractivity contribution is 5.80. The van der Waals surface area contributed by atoms with Crippen LogP contribution >= 0.6 is 0 Å². The molecular formula is C16H22N2O. The summed E-state index contributed by atoms with van der Waals surface area (Å²) in [6, 6.07) is 10.2. The molecule has 0 spiro atoms. The van der Waals surface area contributed by atoms with Crippen molar-refractivity contribution in [3.05, 3.63) is 35.9 Å². The first-order valence-electron chi connectivity index (χ1n) is 7.21. The predicted octanol–water partition coefficient (Wildman–Crippen LogP) is 2.02. The summed E-state index contributed by atoms with van der Waals surface area (Å²) in [6.45, 7) is 0.681. The average molecular weight is 258 g/mol. The molecule has 2 aliphatic carbocycles. The molecule has 1 amide bonds. The number of nitrogens with two attached hydrogens (primary N) is 1. The quantitative estimate of drug-likeness (QED) is 0.901. The standard InChI is InChI=1S/C16H22N2O/c1-18(10-11-5-3-2-4-6-11)16(19)14-12-7-8-13(9-12)15(14)17/h2-6,12-15H,7-10,17H2,1H3. The summed E-state index contributed by atoms with van der Waals surface area (Å²) >= 11 is 0. The van der Waals surface area contributed by atoms with Crippen LogP contribution in [0.3, 0.4) is 0 Å². The smallest absolute Gasteiger partial charge is 0.227 e. The number of nitrogens with zero attached hydrogens (tertiary/aromatic N) is 1. The molecule has 0 aliphatic heterocycles. The van der Waals surface area contributed by atoms with Gasteiger partial charge in [-0.05, 0) is 36.7 Å². The Kier molecular flexibility index (Phi) is 3.31. The zero-order valence-electron chi connectivity index (χ0n) is 11.5. The van der Waals surface area contributed by atoms with Crippen LogP contribution in [0.1, 0.15) is 24.8 Å². The van der Waals surface area contributed by atoms with Gasteiger partial charge in [0.15, 0.2) is 0 Å². The van der Waals surface area contributed by atoms with Crippen molar-refractivity contribution in [1.82, 2.24) is 4.90 Å². The third-order valence-electron chi connectivity index (χ3n) is 4.90. The molecule has 3 nitrogen and oxygen atoms in total. The molecular weight excluding hydrogens is 236 g/mol. The normalized spacial score (nSPS) is 32.5. The molecule has 2 aliphatic rings. The van der Waals surface area contributed by atoms with Gasteiger partial charge in [0.25, 0.3) is 0 Å². The number of hydrogen-bond acceptors (Lipinski definition) is 2. The van der Waals surface area contributed by atoms with Gasteiger partial charge in [0.2, 0.25) is 5.91 Å². The Morgan fingerprint density at radius 1 is 1.26 bits per heavy atom. The van der Waals surface area contributed by atoms with Crippen molar-refractivity contribution in [2.45, 2.75) is 31.8 Å². The lowest BCUT2D eigenvalue weighted by Gasteiger charge is -2.30. The molecule has 0 saturated heterocycles. The first kappa shape index (κ1) is 12.7. The highest BCUT2D eigenvalue weighted by Gasteiger charge is 2.49. The van der Waals surface area contributed by atoms with Crippen molar-refractivity contribution < 1.29 is 4.79 Å². The molecule has 2 saturated carbocycles. The van der Waals surface area contributed by atoms with Crippen molar-refractivity contribution in [3.63, 3.8) is 0 Å². The number of benzene rings is 1. The lowest BCUT2D eigenvalue weighted by molar-refractivity contribution is -0.137. The molecule has 3 rings (SSSR count). The van der Waals surface area contributed by atoms with Crippen molar-refractivity contribution in [1.29, 1.82) is 0 Å². The van der Waals surface area contributed by atoms with Gasteiger partial charge in [0, 0.05) is 19.6 Å². The van der Waals surface area contributed by atoms with E-state index in [4.69, 9.17) is 5.73 Å². The molecule has 19 heavy (non-hydrogen) atoms. The molecule has 2 fully saturated rings. The summed E-state index contributed by atoms with van der Waals surface area (Å²) in [4.78, 5) is 14.4. The van der Waals surface area contributed by atoms with Gasteiger partial charge in [0.05, 0.1) is 5.92 Å². The van der Waals surface area contributed by atoms with E-state index < -0.39 is 0 Å². The van der Waals surface area contributed by atoms with Crippen molar-refractivity contribution in [2.75, 3.05) is 7.05 Å². The van der Waals surface area contributed by atoms with Crippen LogP contribution in [0.15, 0.2) is 30.3 Å². The zero-order chi connectivity index (χ0) is 13.4. The minimum absolute atomic E-state index is 0.0625. The lowest BCUT2D eigenvalue weighted by atomic mass is 9.84. The Labute approximate surface area is 114 Å². The number of fused-ring (bicyclic) bond motifs is 2. The fraction of sp³-hybridized carbons (Fsp3) is 0.562. The van der Waals surface area contributed by atoms with Crippen molar-refractivity contribution >= 4 is 5.91 Å². The highest BCUT2D eigenvalue weighted by atomic mass is 16.2. The van der Waals surface area contributed by atoms with Crippen LogP contribution in [0, 0.1) is 17.8 Å². The number of hydrogen-bond donors (Lipinski definition) is 1. The fourth-order valence-corrected chi connectivity index (χ4v) is 3.89. The van der Waals surface area contributed by atoms with E-state index in [2.05, 4.69) is 12.1 Å². The molecule has 102 valence electrons.